The van der Waals surface area contributed by atoms with Gasteiger partial charge in [0.2, 0.25) is 0 Å². The zero-order valence-corrected chi connectivity index (χ0v) is 10.3. The summed E-state index contributed by atoms with van der Waals surface area (Å²) in [4.78, 5) is 11.3. The minimum Gasteiger partial charge on any atom is -0.394 e. The molecule has 6 heteroatoms. The molecular formula is C11H16ClN3O2. The summed E-state index contributed by atoms with van der Waals surface area (Å²) in [5.74, 6) is 0. The van der Waals surface area contributed by atoms with Crippen LogP contribution in [0.3, 0.4) is 0 Å². The summed E-state index contributed by atoms with van der Waals surface area (Å²) in [7, 11) is 0. The van der Waals surface area contributed by atoms with Crippen LogP contribution in [-0.2, 0) is 0 Å². The lowest BCUT2D eigenvalue weighted by Crippen LogP contribution is -2.44. The molecule has 0 amide bonds. The number of aliphatic hydroxyl groups excluding tert-OH is 1. The number of nitrogens with zero attached hydrogens (tertiary/aromatic N) is 1. The van der Waals surface area contributed by atoms with Crippen molar-refractivity contribution in [2.75, 3.05) is 11.9 Å². The van der Waals surface area contributed by atoms with Crippen LogP contribution in [0.1, 0.15) is 32.1 Å². The maximum atomic E-state index is 11.3. The molecule has 5 nitrogen and oxygen atoms in total. The van der Waals surface area contributed by atoms with E-state index in [9.17, 15) is 9.90 Å². The average molecular weight is 258 g/mol. The molecule has 1 heterocycles. The summed E-state index contributed by atoms with van der Waals surface area (Å²) in [5, 5.41) is 18.8. The van der Waals surface area contributed by atoms with Crippen LogP contribution < -0.4 is 10.9 Å². The van der Waals surface area contributed by atoms with Gasteiger partial charge in [0, 0.05) is 0 Å². The number of aromatic nitrogens is 2. The Morgan fingerprint density at radius 3 is 2.82 bits per heavy atom. The van der Waals surface area contributed by atoms with E-state index in [-0.39, 0.29) is 17.2 Å². The van der Waals surface area contributed by atoms with Crippen LogP contribution in [0.5, 0.6) is 0 Å². The largest absolute Gasteiger partial charge is 0.394 e. The molecule has 1 fully saturated rings. The van der Waals surface area contributed by atoms with Gasteiger partial charge in [-0.25, -0.2) is 5.10 Å². The maximum Gasteiger partial charge on any atom is 0.285 e. The third-order valence-corrected chi connectivity index (χ3v) is 3.68. The topological polar surface area (TPSA) is 78.0 Å². The Morgan fingerprint density at radius 1 is 1.47 bits per heavy atom. The van der Waals surface area contributed by atoms with Crippen molar-refractivity contribution >= 4 is 17.3 Å². The van der Waals surface area contributed by atoms with Gasteiger partial charge in [0.05, 0.1) is 24.0 Å². The molecule has 0 aromatic carbocycles. The van der Waals surface area contributed by atoms with E-state index in [4.69, 9.17) is 11.6 Å². The summed E-state index contributed by atoms with van der Waals surface area (Å²) in [6.45, 7) is 0.0378. The van der Waals surface area contributed by atoms with E-state index >= 15 is 0 Å². The number of aromatic amines is 1. The molecule has 0 atom stereocenters. The molecule has 1 saturated carbocycles. The Kier molecular flexibility index (Phi) is 3.69. The van der Waals surface area contributed by atoms with E-state index in [0.29, 0.717) is 5.69 Å². The smallest absolute Gasteiger partial charge is 0.285 e. The van der Waals surface area contributed by atoms with Crippen LogP contribution in [-0.4, -0.2) is 27.4 Å². The molecule has 0 spiro atoms. The third kappa shape index (κ3) is 2.61. The maximum absolute atomic E-state index is 11.3. The van der Waals surface area contributed by atoms with Gasteiger partial charge in [0.25, 0.3) is 5.56 Å². The molecule has 0 radical (unpaired) electrons. The zero-order chi connectivity index (χ0) is 12.3. The fourth-order valence-corrected chi connectivity index (χ4v) is 2.45. The van der Waals surface area contributed by atoms with Gasteiger partial charge in [-0.3, -0.25) is 4.79 Å². The molecule has 3 N–H and O–H groups in total. The van der Waals surface area contributed by atoms with Gasteiger partial charge in [0.15, 0.2) is 0 Å². The standard InChI is InChI=1S/C11H16ClN3O2/c12-9-8(6-13-15-10(9)17)14-11(7-16)4-2-1-3-5-11/h6,16H,1-5,7H2,(H2,14,15,17). The number of halogens is 1. The second-order valence-electron chi connectivity index (χ2n) is 4.55. The first-order valence-electron chi connectivity index (χ1n) is 5.79. The SMILES string of the molecule is O=c1[nH]ncc(NC2(CO)CCCCC2)c1Cl. The van der Waals surface area contributed by atoms with Crippen molar-refractivity contribution in [1.29, 1.82) is 0 Å². The fourth-order valence-electron chi connectivity index (χ4n) is 2.31. The third-order valence-electron chi connectivity index (χ3n) is 3.31. The van der Waals surface area contributed by atoms with E-state index in [2.05, 4.69) is 15.5 Å². The zero-order valence-electron chi connectivity index (χ0n) is 9.50. The highest BCUT2D eigenvalue weighted by molar-refractivity contribution is 6.32. The van der Waals surface area contributed by atoms with Crippen LogP contribution in [0, 0.1) is 0 Å². The lowest BCUT2D eigenvalue weighted by atomic mass is 9.82. The molecule has 17 heavy (non-hydrogen) atoms. The Balaban J connectivity index is 2.23. The van der Waals surface area contributed by atoms with Gasteiger partial charge in [-0.15, -0.1) is 0 Å². The molecule has 1 aromatic heterocycles. The molecule has 0 unspecified atom stereocenters. The monoisotopic (exact) mass is 257 g/mol. The number of rotatable bonds is 3. The van der Waals surface area contributed by atoms with E-state index in [1.807, 2.05) is 0 Å². The van der Waals surface area contributed by atoms with E-state index in [1.54, 1.807) is 0 Å². The number of aliphatic hydroxyl groups is 1. The summed E-state index contributed by atoms with van der Waals surface area (Å²) in [5.41, 5.74) is -0.288. The van der Waals surface area contributed by atoms with Crippen molar-refractivity contribution in [2.45, 2.75) is 37.6 Å². The van der Waals surface area contributed by atoms with Crippen LogP contribution in [0.15, 0.2) is 11.0 Å². The number of nitrogens with one attached hydrogen (secondary N) is 2. The lowest BCUT2D eigenvalue weighted by molar-refractivity contribution is 0.173. The van der Waals surface area contributed by atoms with E-state index in [1.165, 1.54) is 12.6 Å². The lowest BCUT2D eigenvalue weighted by Gasteiger charge is -2.37. The van der Waals surface area contributed by atoms with Crippen LogP contribution in [0.2, 0.25) is 5.02 Å². The molecule has 0 aliphatic heterocycles. The minimum atomic E-state index is -0.416. The normalized spacial score (nSPS) is 18.9. The summed E-state index contributed by atoms with van der Waals surface area (Å²) in [6, 6.07) is 0. The van der Waals surface area contributed by atoms with E-state index < -0.39 is 5.56 Å². The van der Waals surface area contributed by atoms with Gasteiger partial charge in [-0.05, 0) is 12.8 Å². The summed E-state index contributed by atoms with van der Waals surface area (Å²) in [6.07, 6.45) is 6.57. The highest BCUT2D eigenvalue weighted by Crippen LogP contribution is 2.32. The first kappa shape index (κ1) is 12.4. The van der Waals surface area contributed by atoms with Crippen LogP contribution in [0.4, 0.5) is 5.69 Å². The highest BCUT2D eigenvalue weighted by Gasteiger charge is 2.31. The molecule has 2 rings (SSSR count). The second kappa shape index (κ2) is 5.06. The van der Waals surface area contributed by atoms with E-state index in [0.717, 1.165) is 25.7 Å². The van der Waals surface area contributed by atoms with Crippen molar-refractivity contribution in [1.82, 2.24) is 10.2 Å². The van der Waals surface area contributed by atoms with Crippen molar-refractivity contribution in [3.8, 4) is 0 Å². The van der Waals surface area contributed by atoms with Gasteiger partial charge >= 0.3 is 0 Å². The highest BCUT2D eigenvalue weighted by atomic mass is 35.5. The number of hydrogen-bond donors (Lipinski definition) is 3. The Hall–Kier alpha value is -1.07. The first-order chi connectivity index (χ1) is 8.17. The van der Waals surface area contributed by atoms with Crippen LogP contribution in [0.25, 0.3) is 0 Å². The molecule has 0 saturated heterocycles. The van der Waals surface area contributed by atoms with Gasteiger partial charge in [-0.2, -0.15) is 5.10 Å². The molecule has 0 bridgehead atoms. The molecule has 94 valence electrons. The Bertz CT molecular complexity index is 441. The minimum absolute atomic E-state index is 0.0378. The number of hydrogen-bond acceptors (Lipinski definition) is 4. The van der Waals surface area contributed by atoms with Crippen LogP contribution >= 0.6 is 11.6 Å². The van der Waals surface area contributed by atoms with Gasteiger partial charge < -0.3 is 10.4 Å². The fraction of sp³-hybridized carbons (Fsp3) is 0.636. The molecule has 1 aliphatic rings. The van der Waals surface area contributed by atoms with Crippen molar-refractivity contribution in [3.63, 3.8) is 0 Å². The predicted octanol–water partition coefficient (Wildman–Crippen LogP) is 1.53. The van der Waals surface area contributed by atoms with Gasteiger partial charge in [0.1, 0.15) is 5.02 Å². The Morgan fingerprint density at radius 2 is 2.18 bits per heavy atom. The summed E-state index contributed by atoms with van der Waals surface area (Å²) < 4.78 is 0. The van der Waals surface area contributed by atoms with Crippen molar-refractivity contribution in [3.05, 3.63) is 21.6 Å². The average Bonchev–Trinajstić information content (AvgIpc) is 2.36. The predicted molar refractivity (Wildman–Crippen MR) is 66.4 cm³/mol. The molecular weight excluding hydrogens is 242 g/mol. The summed E-state index contributed by atoms with van der Waals surface area (Å²) >= 11 is 5.90. The molecule has 1 aromatic rings. The van der Waals surface area contributed by atoms with Crippen molar-refractivity contribution < 1.29 is 5.11 Å². The van der Waals surface area contributed by atoms with Crippen molar-refractivity contribution in [2.24, 2.45) is 0 Å². The number of H-pyrrole nitrogens is 1. The quantitative estimate of drug-likeness (QED) is 0.767. The first-order valence-corrected chi connectivity index (χ1v) is 6.17. The Labute approximate surface area is 104 Å². The number of anilines is 1. The molecule has 1 aliphatic carbocycles. The second-order valence-corrected chi connectivity index (χ2v) is 4.93. The van der Waals surface area contributed by atoms with Gasteiger partial charge in [-0.1, -0.05) is 30.9 Å².